The van der Waals surface area contributed by atoms with Crippen molar-refractivity contribution in [3.05, 3.63) is 71.8 Å². The summed E-state index contributed by atoms with van der Waals surface area (Å²) in [6.07, 6.45) is 1.30. The van der Waals surface area contributed by atoms with Gasteiger partial charge in [0.1, 0.15) is 7.85 Å². The van der Waals surface area contributed by atoms with Crippen molar-refractivity contribution in [1.29, 1.82) is 0 Å². The van der Waals surface area contributed by atoms with Gasteiger partial charge in [0.15, 0.2) is 0 Å². The average Bonchev–Trinajstić information content (AvgIpc) is 2.55. The predicted octanol–water partition coefficient (Wildman–Crippen LogP) is 1.28. The molecule has 0 heterocycles. The highest BCUT2D eigenvalue weighted by Gasteiger charge is 2.19. The van der Waals surface area contributed by atoms with Gasteiger partial charge < -0.3 is 15.5 Å². The maximum Gasteiger partial charge on any atom is 0.110 e. The second kappa shape index (κ2) is 8.74. The van der Waals surface area contributed by atoms with Gasteiger partial charge in [-0.1, -0.05) is 60.7 Å². The molecule has 4 heteroatoms. The Morgan fingerprint density at radius 2 is 1.36 bits per heavy atom. The fourth-order valence-electron chi connectivity index (χ4n) is 2.52. The van der Waals surface area contributed by atoms with Gasteiger partial charge in [-0.05, 0) is 24.0 Å². The number of aliphatic hydroxyl groups excluding tert-OH is 2. The Morgan fingerprint density at radius 3 is 1.82 bits per heavy atom. The standard InChI is InChI=1S/C18H22BNO2/c19-18(22)17(12-15-9-5-2-6-10-15)20-16(13-21)11-14-7-3-1-4-8-14/h1-10,16-18,20-22H,11-13H2/t16-,17-,18?/m1/s1. The highest BCUT2D eigenvalue weighted by Crippen LogP contribution is 2.08. The SMILES string of the molecule is [B]C(O)[C@@H](Cc1ccccc1)N[C@@H](CO)Cc1ccccc1. The molecule has 0 aliphatic heterocycles. The molecule has 0 spiro atoms. The fraction of sp³-hybridized carbons (Fsp3) is 0.333. The lowest BCUT2D eigenvalue weighted by Crippen LogP contribution is -2.49. The Hall–Kier alpha value is -1.62. The van der Waals surface area contributed by atoms with Gasteiger partial charge in [0.2, 0.25) is 0 Å². The summed E-state index contributed by atoms with van der Waals surface area (Å²) in [5.74, 6) is 0. The molecule has 0 fully saturated rings. The summed E-state index contributed by atoms with van der Waals surface area (Å²) in [6.45, 7) is -0.00704. The third-order valence-electron chi connectivity index (χ3n) is 3.71. The minimum atomic E-state index is -0.981. The lowest BCUT2D eigenvalue weighted by Gasteiger charge is -2.27. The fourth-order valence-corrected chi connectivity index (χ4v) is 2.52. The van der Waals surface area contributed by atoms with Crippen LogP contribution in [0.3, 0.4) is 0 Å². The van der Waals surface area contributed by atoms with Crippen LogP contribution in [-0.2, 0) is 12.8 Å². The molecule has 2 radical (unpaired) electrons. The first-order valence-electron chi connectivity index (χ1n) is 7.57. The highest BCUT2D eigenvalue weighted by molar-refractivity contribution is 6.11. The van der Waals surface area contributed by atoms with Crippen LogP contribution in [0.4, 0.5) is 0 Å². The summed E-state index contributed by atoms with van der Waals surface area (Å²) in [6, 6.07) is 18.4. The van der Waals surface area contributed by atoms with E-state index in [2.05, 4.69) is 5.32 Å². The minimum Gasteiger partial charge on any atom is -0.401 e. The van der Waals surface area contributed by atoms with Crippen LogP contribution in [0.25, 0.3) is 0 Å². The van der Waals surface area contributed by atoms with Gasteiger partial charge in [0, 0.05) is 18.1 Å². The third-order valence-corrected chi connectivity index (χ3v) is 3.71. The molecule has 0 saturated carbocycles. The number of nitrogens with one attached hydrogen (secondary N) is 1. The van der Waals surface area contributed by atoms with E-state index in [0.717, 1.165) is 11.1 Å². The lowest BCUT2D eigenvalue weighted by molar-refractivity contribution is 0.168. The molecule has 0 aromatic heterocycles. The van der Waals surface area contributed by atoms with E-state index in [1.807, 2.05) is 60.7 Å². The maximum absolute atomic E-state index is 9.82. The molecule has 3 N–H and O–H groups in total. The van der Waals surface area contributed by atoms with E-state index in [4.69, 9.17) is 7.85 Å². The molecule has 114 valence electrons. The zero-order chi connectivity index (χ0) is 15.8. The van der Waals surface area contributed by atoms with Gasteiger partial charge in [-0.15, -0.1) is 0 Å². The van der Waals surface area contributed by atoms with Gasteiger partial charge in [0.25, 0.3) is 0 Å². The monoisotopic (exact) mass is 295 g/mol. The van der Waals surface area contributed by atoms with E-state index in [0.29, 0.717) is 12.8 Å². The Kier molecular flexibility index (Phi) is 6.65. The molecule has 0 bridgehead atoms. The van der Waals surface area contributed by atoms with Gasteiger partial charge in [-0.3, -0.25) is 0 Å². The van der Waals surface area contributed by atoms with Crippen LogP contribution in [0.5, 0.6) is 0 Å². The van der Waals surface area contributed by atoms with E-state index in [1.54, 1.807) is 0 Å². The average molecular weight is 295 g/mol. The normalized spacial score (nSPS) is 15.2. The van der Waals surface area contributed by atoms with Crippen LogP contribution in [0, 0.1) is 0 Å². The molecule has 2 aromatic rings. The summed E-state index contributed by atoms with van der Waals surface area (Å²) >= 11 is 0. The molecule has 3 atom stereocenters. The molecule has 0 aliphatic rings. The van der Waals surface area contributed by atoms with Gasteiger partial charge >= 0.3 is 0 Å². The van der Waals surface area contributed by atoms with Crippen LogP contribution < -0.4 is 5.32 Å². The number of benzene rings is 2. The molecule has 3 nitrogen and oxygen atoms in total. The Morgan fingerprint density at radius 1 is 0.864 bits per heavy atom. The van der Waals surface area contributed by atoms with Gasteiger partial charge in [-0.2, -0.15) is 0 Å². The largest absolute Gasteiger partial charge is 0.401 e. The number of hydrogen-bond donors (Lipinski definition) is 3. The van der Waals surface area contributed by atoms with Crippen molar-refractivity contribution in [2.75, 3.05) is 6.61 Å². The van der Waals surface area contributed by atoms with E-state index in [9.17, 15) is 10.2 Å². The topological polar surface area (TPSA) is 52.5 Å². The second-order valence-corrected chi connectivity index (χ2v) is 5.52. The van der Waals surface area contributed by atoms with Crippen molar-refractivity contribution < 1.29 is 10.2 Å². The Labute approximate surface area is 133 Å². The molecule has 1 unspecified atom stereocenters. The van der Waals surface area contributed by atoms with E-state index < -0.39 is 6.00 Å². The van der Waals surface area contributed by atoms with E-state index in [-0.39, 0.29) is 18.7 Å². The smallest absolute Gasteiger partial charge is 0.110 e. The number of hydrogen-bond acceptors (Lipinski definition) is 3. The molecular formula is C18H22BNO2. The Balaban J connectivity index is 1.99. The number of aliphatic hydroxyl groups is 2. The predicted molar refractivity (Wildman–Crippen MR) is 89.9 cm³/mol. The second-order valence-electron chi connectivity index (χ2n) is 5.52. The summed E-state index contributed by atoms with van der Waals surface area (Å²) in [4.78, 5) is 0. The Bertz CT molecular complexity index is 533. The molecule has 0 amide bonds. The molecule has 0 aliphatic carbocycles. The van der Waals surface area contributed by atoms with Crippen molar-refractivity contribution in [3.63, 3.8) is 0 Å². The summed E-state index contributed by atoms with van der Waals surface area (Å²) in [5.41, 5.74) is 2.24. The van der Waals surface area contributed by atoms with Crippen molar-refractivity contribution in [2.45, 2.75) is 30.9 Å². The highest BCUT2D eigenvalue weighted by atomic mass is 16.3. The van der Waals surface area contributed by atoms with Crippen LogP contribution in [0.1, 0.15) is 11.1 Å². The third kappa shape index (κ3) is 5.30. The van der Waals surface area contributed by atoms with Gasteiger partial charge in [0.05, 0.1) is 6.61 Å². The van der Waals surface area contributed by atoms with Crippen LogP contribution in [-0.4, -0.2) is 42.8 Å². The zero-order valence-electron chi connectivity index (χ0n) is 12.6. The molecule has 0 saturated heterocycles. The van der Waals surface area contributed by atoms with Crippen molar-refractivity contribution in [3.8, 4) is 0 Å². The molecular weight excluding hydrogens is 273 g/mol. The quantitative estimate of drug-likeness (QED) is 0.643. The zero-order valence-corrected chi connectivity index (χ0v) is 12.6. The molecule has 22 heavy (non-hydrogen) atoms. The first kappa shape index (κ1) is 16.8. The summed E-state index contributed by atoms with van der Waals surface area (Å²) in [7, 11) is 5.69. The van der Waals surface area contributed by atoms with Crippen molar-refractivity contribution in [2.24, 2.45) is 0 Å². The molecule has 2 rings (SSSR count). The maximum atomic E-state index is 9.82. The van der Waals surface area contributed by atoms with Crippen LogP contribution in [0.2, 0.25) is 0 Å². The summed E-state index contributed by atoms with van der Waals surface area (Å²) < 4.78 is 0. The van der Waals surface area contributed by atoms with Crippen LogP contribution in [0.15, 0.2) is 60.7 Å². The number of rotatable bonds is 8. The van der Waals surface area contributed by atoms with E-state index >= 15 is 0 Å². The van der Waals surface area contributed by atoms with Crippen molar-refractivity contribution in [1.82, 2.24) is 5.32 Å². The minimum absolute atomic E-state index is 0.00704. The first-order chi connectivity index (χ1) is 10.7. The lowest BCUT2D eigenvalue weighted by atomic mass is 9.87. The van der Waals surface area contributed by atoms with Crippen molar-refractivity contribution >= 4 is 7.85 Å². The van der Waals surface area contributed by atoms with E-state index in [1.165, 1.54) is 0 Å². The van der Waals surface area contributed by atoms with Crippen LogP contribution >= 0.6 is 0 Å². The molecule has 2 aromatic carbocycles. The first-order valence-corrected chi connectivity index (χ1v) is 7.57. The summed E-state index contributed by atoms with van der Waals surface area (Å²) in [5, 5.41) is 22.7. The van der Waals surface area contributed by atoms with Gasteiger partial charge in [-0.25, -0.2) is 0 Å².